The zero-order valence-corrected chi connectivity index (χ0v) is 23.9. The zero-order valence-electron chi connectivity index (χ0n) is 23.9. The largest absolute Gasteiger partial charge is 0.497 e. The van der Waals surface area contributed by atoms with Gasteiger partial charge >= 0.3 is 6.03 Å². The predicted octanol–water partition coefficient (Wildman–Crippen LogP) is 4.93. The Hall–Kier alpha value is -3.39. The number of piperidine rings is 2. The van der Waals surface area contributed by atoms with Crippen molar-refractivity contribution < 1.29 is 19.1 Å². The summed E-state index contributed by atoms with van der Waals surface area (Å²) in [5.74, 6) is 1.91. The van der Waals surface area contributed by atoms with Crippen LogP contribution in [0.25, 0.3) is 0 Å². The molecule has 40 heavy (non-hydrogen) atoms. The van der Waals surface area contributed by atoms with Gasteiger partial charge < -0.3 is 15.0 Å². The third-order valence-electron chi connectivity index (χ3n) is 8.82. The van der Waals surface area contributed by atoms with E-state index in [0.717, 1.165) is 73.1 Å². The highest BCUT2D eigenvalue weighted by atomic mass is 16.5. The summed E-state index contributed by atoms with van der Waals surface area (Å²) in [7, 11) is 1.61. The van der Waals surface area contributed by atoms with E-state index in [1.807, 2.05) is 43.3 Å². The van der Waals surface area contributed by atoms with Gasteiger partial charge in [0, 0.05) is 36.8 Å². The minimum absolute atomic E-state index is 0.163. The van der Waals surface area contributed by atoms with Gasteiger partial charge in [0.15, 0.2) is 5.78 Å². The van der Waals surface area contributed by atoms with Crippen LogP contribution in [0.1, 0.15) is 56.1 Å². The molecule has 3 amide bonds. The van der Waals surface area contributed by atoms with Crippen molar-refractivity contribution in [1.29, 1.82) is 0 Å². The number of aryl methyl sites for hydroxylation is 1. The molecule has 0 saturated carbocycles. The van der Waals surface area contributed by atoms with E-state index in [4.69, 9.17) is 4.74 Å². The first kappa shape index (κ1) is 28.1. The lowest BCUT2D eigenvalue weighted by Gasteiger charge is -2.36. The maximum Gasteiger partial charge on any atom is 0.331 e. The van der Waals surface area contributed by atoms with Gasteiger partial charge in [-0.05, 0) is 93.1 Å². The van der Waals surface area contributed by atoms with Crippen LogP contribution in [0.2, 0.25) is 0 Å². The van der Waals surface area contributed by atoms with Gasteiger partial charge in [0.2, 0.25) is 5.91 Å². The summed E-state index contributed by atoms with van der Waals surface area (Å²) in [6.45, 7) is 6.16. The molecule has 2 aromatic carbocycles. The minimum Gasteiger partial charge on any atom is -0.497 e. The summed E-state index contributed by atoms with van der Waals surface area (Å²) in [5.41, 5.74) is 3.65. The summed E-state index contributed by atoms with van der Waals surface area (Å²) in [6.07, 6.45) is 7.12. The smallest absolute Gasteiger partial charge is 0.331 e. The van der Waals surface area contributed by atoms with Gasteiger partial charge in [-0.3, -0.25) is 19.4 Å². The molecular formula is C32H42N4O4. The summed E-state index contributed by atoms with van der Waals surface area (Å²) in [6, 6.07) is 13.1. The number of hydrogen-bond acceptors (Lipinski definition) is 6. The fraction of sp³-hybridized carbons (Fsp3) is 0.531. The number of benzene rings is 2. The lowest BCUT2D eigenvalue weighted by molar-refractivity contribution is -0.129. The number of carbonyl (C=O) groups is 3. The molecule has 5 rings (SSSR count). The van der Waals surface area contributed by atoms with Crippen LogP contribution in [0.3, 0.4) is 0 Å². The van der Waals surface area contributed by atoms with E-state index >= 15 is 0 Å². The van der Waals surface area contributed by atoms with E-state index in [9.17, 15) is 14.4 Å². The van der Waals surface area contributed by atoms with Crippen molar-refractivity contribution in [2.75, 3.05) is 49.6 Å². The van der Waals surface area contributed by atoms with Gasteiger partial charge in [-0.15, -0.1) is 0 Å². The molecule has 1 unspecified atom stereocenters. The van der Waals surface area contributed by atoms with Crippen molar-refractivity contribution in [3.63, 3.8) is 0 Å². The molecule has 0 radical (unpaired) electrons. The highest BCUT2D eigenvalue weighted by Crippen LogP contribution is 2.32. The SMILES string of the molecule is COc1ccc(CN2C(=O)CCN(c3ccc(N4CCC(CCCC5CCNCC5)C(=O)C4)cc3C)C2=O)cc1. The first-order valence-electron chi connectivity index (χ1n) is 14.8. The van der Waals surface area contributed by atoms with Crippen LogP contribution < -0.4 is 19.9 Å². The fourth-order valence-corrected chi connectivity index (χ4v) is 6.34. The first-order valence-corrected chi connectivity index (χ1v) is 14.8. The number of amides is 3. The Bertz CT molecular complexity index is 1210. The molecule has 3 aliphatic heterocycles. The molecule has 0 aliphatic carbocycles. The van der Waals surface area contributed by atoms with Gasteiger partial charge in [-0.2, -0.15) is 0 Å². The number of nitrogens with one attached hydrogen (secondary N) is 1. The summed E-state index contributed by atoms with van der Waals surface area (Å²) in [4.78, 5) is 44.3. The molecule has 2 aromatic rings. The number of carbonyl (C=O) groups excluding carboxylic acids is 3. The molecule has 8 heteroatoms. The second-order valence-corrected chi connectivity index (χ2v) is 11.5. The number of nitrogens with zero attached hydrogens (tertiary/aromatic N) is 3. The molecule has 3 heterocycles. The van der Waals surface area contributed by atoms with Gasteiger partial charge in [0.05, 0.1) is 20.2 Å². The third-order valence-corrected chi connectivity index (χ3v) is 8.82. The van der Waals surface area contributed by atoms with E-state index in [0.29, 0.717) is 18.9 Å². The molecule has 0 bridgehead atoms. The third kappa shape index (κ3) is 6.49. The molecule has 214 valence electrons. The monoisotopic (exact) mass is 546 g/mol. The molecule has 8 nitrogen and oxygen atoms in total. The van der Waals surface area contributed by atoms with Gasteiger partial charge in [0.25, 0.3) is 0 Å². The van der Waals surface area contributed by atoms with E-state index in [1.165, 1.54) is 24.2 Å². The van der Waals surface area contributed by atoms with E-state index in [-0.39, 0.29) is 30.8 Å². The number of Topliss-reactive ketones (excluding diaryl/α,β-unsaturated/α-hetero) is 1. The van der Waals surface area contributed by atoms with Crippen LogP contribution in [0.4, 0.5) is 16.2 Å². The highest BCUT2D eigenvalue weighted by Gasteiger charge is 2.34. The van der Waals surface area contributed by atoms with Crippen LogP contribution in [-0.4, -0.2) is 62.5 Å². The van der Waals surface area contributed by atoms with E-state index in [1.54, 1.807) is 12.0 Å². The number of hydrogen-bond donors (Lipinski definition) is 1. The molecule has 0 spiro atoms. The maximum atomic E-state index is 13.4. The lowest BCUT2D eigenvalue weighted by Crippen LogP contribution is -2.52. The quantitative estimate of drug-likeness (QED) is 0.481. The molecular weight excluding hydrogens is 504 g/mol. The Kier molecular flexibility index (Phi) is 9.04. The Balaban J connectivity index is 1.18. The van der Waals surface area contributed by atoms with Crippen LogP contribution in [0.5, 0.6) is 5.75 Å². The van der Waals surface area contributed by atoms with Crippen LogP contribution >= 0.6 is 0 Å². The van der Waals surface area contributed by atoms with Crippen LogP contribution in [-0.2, 0) is 16.1 Å². The number of rotatable bonds is 9. The topological polar surface area (TPSA) is 82.2 Å². The fourth-order valence-electron chi connectivity index (χ4n) is 6.34. The second kappa shape index (κ2) is 12.9. The number of urea groups is 1. The van der Waals surface area contributed by atoms with Crippen molar-refractivity contribution in [3.05, 3.63) is 53.6 Å². The molecule has 3 aliphatic rings. The molecule has 3 saturated heterocycles. The minimum atomic E-state index is -0.302. The Morgan fingerprint density at radius 3 is 2.42 bits per heavy atom. The summed E-state index contributed by atoms with van der Waals surface area (Å²) >= 11 is 0. The zero-order chi connectivity index (χ0) is 28.1. The van der Waals surface area contributed by atoms with Crippen LogP contribution in [0.15, 0.2) is 42.5 Å². The molecule has 1 atom stereocenters. The normalized spacial score (nSPS) is 20.8. The van der Waals surface area contributed by atoms with Crippen molar-refractivity contribution in [3.8, 4) is 5.75 Å². The number of methoxy groups -OCH3 is 1. The van der Waals surface area contributed by atoms with Crippen LogP contribution in [0, 0.1) is 18.8 Å². The Morgan fingerprint density at radius 1 is 0.950 bits per heavy atom. The van der Waals surface area contributed by atoms with E-state index in [2.05, 4.69) is 16.3 Å². The maximum absolute atomic E-state index is 13.4. The van der Waals surface area contributed by atoms with Crippen molar-refractivity contribution >= 4 is 29.1 Å². The summed E-state index contributed by atoms with van der Waals surface area (Å²) in [5, 5.41) is 3.43. The second-order valence-electron chi connectivity index (χ2n) is 11.5. The average Bonchev–Trinajstić information content (AvgIpc) is 2.97. The standard InChI is InChI=1S/C32H42N4O4/c1-23-20-27(34-18-14-26(30(37)22-34)5-3-4-24-12-16-33-17-13-24)8-11-29(23)35-19-15-31(38)36(32(35)39)21-25-6-9-28(40-2)10-7-25/h6-11,20,24,26,33H,3-5,12-19,21-22H2,1-2H3. The number of imide groups is 1. The first-order chi connectivity index (χ1) is 19.4. The van der Waals surface area contributed by atoms with Crippen molar-refractivity contribution in [1.82, 2.24) is 10.2 Å². The number of ether oxygens (including phenoxy) is 1. The van der Waals surface area contributed by atoms with Crippen molar-refractivity contribution in [2.45, 2.75) is 58.4 Å². The number of anilines is 2. The van der Waals surface area contributed by atoms with Gasteiger partial charge in [-0.25, -0.2) is 4.79 Å². The highest BCUT2D eigenvalue weighted by molar-refractivity contribution is 6.06. The predicted molar refractivity (Wildman–Crippen MR) is 157 cm³/mol. The van der Waals surface area contributed by atoms with Gasteiger partial charge in [0.1, 0.15) is 5.75 Å². The van der Waals surface area contributed by atoms with Gasteiger partial charge in [-0.1, -0.05) is 25.0 Å². The molecule has 1 N–H and O–H groups in total. The lowest BCUT2D eigenvalue weighted by atomic mass is 9.86. The Labute approximate surface area is 237 Å². The van der Waals surface area contributed by atoms with E-state index < -0.39 is 0 Å². The Morgan fingerprint density at radius 2 is 1.73 bits per heavy atom. The average molecular weight is 547 g/mol. The van der Waals surface area contributed by atoms with Crippen molar-refractivity contribution in [2.24, 2.45) is 11.8 Å². The number of ketones is 1. The summed E-state index contributed by atoms with van der Waals surface area (Å²) < 4.78 is 5.21. The molecule has 3 fully saturated rings. The molecule has 0 aromatic heterocycles.